The first-order valence-corrected chi connectivity index (χ1v) is 4.97. The summed E-state index contributed by atoms with van der Waals surface area (Å²) in [6.07, 6.45) is 0. The van der Waals surface area contributed by atoms with Crippen LogP contribution in [0.4, 0.5) is 0 Å². The lowest BCUT2D eigenvalue weighted by atomic mass is 10.1. The Morgan fingerprint density at radius 3 is 2.53 bits per heavy atom. The molecular weight excluding hydrogens is 237 g/mol. The van der Waals surface area contributed by atoms with Crippen molar-refractivity contribution in [1.29, 1.82) is 0 Å². The normalized spacial score (nSPS) is 10.9. The van der Waals surface area contributed by atoms with E-state index in [1.807, 2.05) is 0 Å². The van der Waals surface area contributed by atoms with E-state index in [0.717, 1.165) is 0 Å². The van der Waals surface area contributed by atoms with Gasteiger partial charge in [0.15, 0.2) is 0 Å². The van der Waals surface area contributed by atoms with Crippen molar-refractivity contribution >= 4 is 34.1 Å². The van der Waals surface area contributed by atoms with E-state index in [-0.39, 0.29) is 16.9 Å². The van der Waals surface area contributed by atoms with Gasteiger partial charge in [-0.2, -0.15) is 0 Å². The van der Waals surface area contributed by atoms with E-state index in [4.69, 9.17) is 23.2 Å². The number of benzene rings is 1. The minimum absolute atomic E-state index is 0.124. The number of rotatable bonds is 0. The molecule has 1 aromatic carbocycles. The van der Waals surface area contributed by atoms with Crippen molar-refractivity contribution in [1.82, 2.24) is 4.98 Å². The van der Waals surface area contributed by atoms with Gasteiger partial charge in [0.2, 0.25) is 0 Å². The summed E-state index contributed by atoms with van der Waals surface area (Å²) in [7, 11) is 0. The van der Waals surface area contributed by atoms with Crippen LogP contribution in [0, 0.1) is 6.92 Å². The zero-order chi connectivity index (χ0) is 11.2. The molecule has 15 heavy (non-hydrogen) atoms. The van der Waals surface area contributed by atoms with E-state index >= 15 is 0 Å². The number of pyridine rings is 1. The largest absolute Gasteiger partial charge is 0.507 e. The van der Waals surface area contributed by atoms with E-state index in [1.165, 1.54) is 6.92 Å². The Kier molecular flexibility index (Phi) is 2.37. The molecule has 2 aromatic rings. The number of halogens is 2. The molecule has 78 valence electrons. The van der Waals surface area contributed by atoms with Crippen LogP contribution in [-0.2, 0) is 0 Å². The molecule has 2 rings (SSSR count). The number of fused-ring (bicyclic) bond motifs is 1. The second-order valence-corrected chi connectivity index (χ2v) is 4.02. The van der Waals surface area contributed by atoms with Gasteiger partial charge in [0.05, 0.1) is 26.5 Å². The van der Waals surface area contributed by atoms with Crippen LogP contribution in [0.5, 0.6) is 5.75 Å². The zero-order valence-electron chi connectivity index (χ0n) is 7.77. The van der Waals surface area contributed by atoms with Gasteiger partial charge in [-0.15, -0.1) is 0 Å². The number of hydrogen-bond donors (Lipinski definition) is 2. The number of aromatic amines is 1. The first-order chi connectivity index (χ1) is 7.02. The first kappa shape index (κ1) is 10.3. The second-order valence-electron chi connectivity index (χ2n) is 3.21. The van der Waals surface area contributed by atoms with E-state index in [2.05, 4.69) is 4.98 Å². The molecule has 0 aliphatic carbocycles. The highest BCUT2D eigenvalue weighted by Crippen LogP contribution is 2.34. The molecule has 0 fully saturated rings. The van der Waals surface area contributed by atoms with Gasteiger partial charge in [-0.1, -0.05) is 23.2 Å². The number of nitrogens with one attached hydrogen (secondary N) is 1. The summed E-state index contributed by atoms with van der Waals surface area (Å²) in [5, 5.41) is 10.9. The van der Waals surface area contributed by atoms with Crippen molar-refractivity contribution in [2.45, 2.75) is 6.92 Å². The van der Waals surface area contributed by atoms with E-state index < -0.39 is 0 Å². The summed E-state index contributed by atoms with van der Waals surface area (Å²) in [4.78, 5) is 14.0. The third-order valence-corrected chi connectivity index (χ3v) is 2.90. The average molecular weight is 244 g/mol. The number of hydrogen-bond acceptors (Lipinski definition) is 2. The second kappa shape index (κ2) is 3.43. The summed E-state index contributed by atoms with van der Waals surface area (Å²) in [5.41, 5.74) is 0.216. The summed E-state index contributed by atoms with van der Waals surface area (Å²) in [6, 6.07) is 3.14. The highest BCUT2D eigenvalue weighted by atomic mass is 35.5. The monoisotopic (exact) mass is 243 g/mol. The molecule has 0 radical (unpaired) electrons. The lowest BCUT2D eigenvalue weighted by Crippen LogP contribution is -2.09. The Balaban J connectivity index is 3.11. The van der Waals surface area contributed by atoms with Crippen molar-refractivity contribution in [3.8, 4) is 5.75 Å². The molecule has 0 bridgehead atoms. The van der Waals surface area contributed by atoms with Crippen molar-refractivity contribution in [2.24, 2.45) is 0 Å². The Bertz CT molecular complexity index is 604. The van der Waals surface area contributed by atoms with Crippen molar-refractivity contribution in [2.75, 3.05) is 0 Å². The predicted molar refractivity (Wildman–Crippen MR) is 61.0 cm³/mol. The van der Waals surface area contributed by atoms with E-state index in [9.17, 15) is 9.90 Å². The molecule has 1 aromatic heterocycles. The highest BCUT2D eigenvalue weighted by molar-refractivity contribution is 6.40. The number of aromatic nitrogens is 1. The molecule has 1 heterocycles. The summed E-state index contributed by atoms with van der Waals surface area (Å²) in [5.74, 6) is -0.124. The fourth-order valence-electron chi connectivity index (χ4n) is 1.41. The van der Waals surface area contributed by atoms with E-state index in [0.29, 0.717) is 20.9 Å². The molecular formula is C10H7Cl2NO2. The Labute approximate surface area is 95.3 Å². The van der Waals surface area contributed by atoms with Crippen LogP contribution in [0.25, 0.3) is 10.9 Å². The Morgan fingerprint density at radius 1 is 1.27 bits per heavy atom. The van der Waals surface area contributed by atoms with Crippen molar-refractivity contribution in [3.05, 3.63) is 38.1 Å². The number of aromatic hydroxyl groups is 1. The standard InChI is InChI=1S/C10H7Cl2NO2/c1-4-9(14)7-5(11)2-3-6(12)8(7)13-10(4)15/h2-3H,1H3,(H2,13,14,15). The lowest BCUT2D eigenvalue weighted by Gasteiger charge is -2.06. The van der Waals surface area contributed by atoms with Gasteiger partial charge in [-0.05, 0) is 19.1 Å². The smallest absolute Gasteiger partial charge is 0.255 e. The van der Waals surface area contributed by atoms with Gasteiger partial charge >= 0.3 is 0 Å². The zero-order valence-corrected chi connectivity index (χ0v) is 9.28. The molecule has 0 atom stereocenters. The average Bonchev–Trinajstić information content (AvgIpc) is 2.20. The van der Waals surface area contributed by atoms with Gasteiger partial charge in [0.25, 0.3) is 5.56 Å². The molecule has 5 heteroatoms. The number of H-pyrrole nitrogens is 1. The third kappa shape index (κ3) is 1.48. The third-order valence-electron chi connectivity index (χ3n) is 2.27. The summed E-state index contributed by atoms with van der Waals surface area (Å²) in [6.45, 7) is 1.52. The fourth-order valence-corrected chi connectivity index (χ4v) is 1.86. The van der Waals surface area contributed by atoms with Gasteiger partial charge in [-0.25, -0.2) is 0 Å². The van der Waals surface area contributed by atoms with Gasteiger partial charge in [0.1, 0.15) is 5.75 Å². The van der Waals surface area contributed by atoms with Crippen molar-refractivity contribution in [3.63, 3.8) is 0 Å². The SMILES string of the molecule is Cc1c(O)c2c(Cl)ccc(Cl)c2[nH]c1=O. The van der Waals surface area contributed by atoms with Crippen LogP contribution >= 0.6 is 23.2 Å². The summed E-state index contributed by atoms with van der Waals surface area (Å²) < 4.78 is 0. The molecule has 0 saturated heterocycles. The maximum atomic E-state index is 11.4. The van der Waals surface area contributed by atoms with Crippen LogP contribution in [-0.4, -0.2) is 10.1 Å². The van der Waals surface area contributed by atoms with Crippen LogP contribution in [0.3, 0.4) is 0 Å². The van der Waals surface area contributed by atoms with Crippen LogP contribution < -0.4 is 5.56 Å². The molecule has 0 unspecified atom stereocenters. The maximum absolute atomic E-state index is 11.4. The minimum Gasteiger partial charge on any atom is -0.507 e. The van der Waals surface area contributed by atoms with Crippen LogP contribution in [0.2, 0.25) is 10.0 Å². The quantitative estimate of drug-likeness (QED) is 0.748. The fraction of sp³-hybridized carbons (Fsp3) is 0.100. The Morgan fingerprint density at radius 2 is 1.87 bits per heavy atom. The minimum atomic E-state index is -0.371. The molecule has 0 spiro atoms. The summed E-state index contributed by atoms with van der Waals surface area (Å²) >= 11 is 11.8. The molecule has 0 saturated carbocycles. The van der Waals surface area contributed by atoms with Crippen LogP contribution in [0.1, 0.15) is 5.56 Å². The Hall–Kier alpha value is -1.19. The maximum Gasteiger partial charge on any atom is 0.255 e. The van der Waals surface area contributed by atoms with Gasteiger partial charge in [0, 0.05) is 0 Å². The highest BCUT2D eigenvalue weighted by Gasteiger charge is 2.12. The molecule has 3 nitrogen and oxygen atoms in total. The van der Waals surface area contributed by atoms with Gasteiger partial charge < -0.3 is 10.1 Å². The molecule has 0 aliphatic heterocycles. The first-order valence-electron chi connectivity index (χ1n) is 4.22. The lowest BCUT2D eigenvalue weighted by molar-refractivity contribution is 0.476. The van der Waals surface area contributed by atoms with Gasteiger partial charge in [-0.3, -0.25) is 4.79 Å². The molecule has 0 aliphatic rings. The van der Waals surface area contributed by atoms with Crippen molar-refractivity contribution < 1.29 is 5.11 Å². The van der Waals surface area contributed by atoms with E-state index in [1.54, 1.807) is 12.1 Å². The van der Waals surface area contributed by atoms with Crippen LogP contribution in [0.15, 0.2) is 16.9 Å². The predicted octanol–water partition coefficient (Wildman–Crippen LogP) is 2.85. The molecule has 2 N–H and O–H groups in total. The topological polar surface area (TPSA) is 53.1 Å². The molecule has 0 amide bonds.